The highest BCUT2D eigenvalue weighted by Gasteiger charge is 1.98. The summed E-state index contributed by atoms with van der Waals surface area (Å²) in [5, 5.41) is 5.81. The molecule has 2 aromatic rings. The van der Waals surface area contributed by atoms with Gasteiger partial charge in [-0.3, -0.25) is 0 Å². The summed E-state index contributed by atoms with van der Waals surface area (Å²) in [6.07, 6.45) is 0. The number of ether oxygens (including phenoxy) is 1. The Bertz CT molecular complexity index is 479. The number of methoxy groups -OCH3 is 1. The van der Waals surface area contributed by atoms with Crippen LogP contribution in [-0.4, -0.2) is 13.7 Å². The Hall–Kier alpha value is -1.54. The van der Waals surface area contributed by atoms with E-state index < -0.39 is 0 Å². The third kappa shape index (κ3) is 2.34. The van der Waals surface area contributed by atoms with Crippen molar-refractivity contribution in [3.8, 4) is 5.75 Å². The van der Waals surface area contributed by atoms with Gasteiger partial charge < -0.3 is 10.1 Å². The number of rotatable bonds is 4. The monoisotopic (exact) mass is 215 g/mol. The Labute approximate surface area is 96.2 Å². The van der Waals surface area contributed by atoms with Gasteiger partial charge in [0.2, 0.25) is 0 Å². The van der Waals surface area contributed by atoms with Crippen LogP contribution in [-0.2, 0) is 6.54 Å². The predicted molar refractivity (Wildman–Crippen MR) is 67.9 cm³/mol. The van der Waals surface area contributed by atoms with Crippen molar-refractivity contribution >= 4 is 10.8 Å². The number of nitrogens with one attached hydrogen (secondary N) is 1. The number of fused-ring (bicyclic) bond motifs is 1. The van der Waals surface area contributed by atoms with Crippen LogP contribution in [0.4, 0.5) is 0 Å². The summed E-state index contributed by atoms with van der Waals surface area (Å²) in [6.45, 7) is 4.05. The molecule has 0 aliphatic heterocycles. The standard InChI is InChI=1S/C14H17NO/c1-3-15-10-11-4-5-13-9-14(16-2)7-6-12(13)8-11/h4-9,15H,3,10H2,1-2H3. The fourth-order valence-corrected chi connectivity index (χ4v) is 1.78. The van der Waals surface area contributed by atoms with E-state index in [-0.39, 0.29) is 0 Å². The molecule has 0 heterocycles. The van der Waals surface area contributed by atoms with Gasteiger partial charge in [-0.05, 0) is 41.1 Å². The normalized spacial score (nSPS) is 10.6. The van der Waals surface area contributed by atoms with Gasteiger partial charge in [-0.2, -0.15) is 0 Å². The minimum Gasteiger partial charge on any atom is -0.497 e. The molecule has 0 bridgehead atoms. The predicted octanol–water partition coefficient (Wildman–Crippen LogP) is 2.96. The van der Waals surface area contributed by atoms with Crippen molar-refractivity contribution in [2.45, 2.75) is 13.5 Å². The van der Waals surface area contributed by atoms with Gasteiger partial charge in [0.05, 0.1) is 7.11 Å². The molecule has 2 rings (SSSR count). The highest BCUT2D eigenvalue weighted by molar-refractivity contribution is 5.84. The van der Waals surface area contributed by atoms with E-state index in [1.807, 2.05) is 6.07 Å². The van der Waals surface area contributed by atoms with Crippen molar-refractivity contribution in [2.75, 3.05) is 13.7 Å². The van der Waals surface area contributed by atoms with E-state index >= 15 is 0 Å². The lowest BCUT2D eigenvalue weighted by molar-refractivity contribution is 0.415. The molecule has 84 valence electrons. The quantitative estimate of drug-likeness (QED) is 0.846. The maximum Gasteiger partial charge on any atom is 0.119 e. The van der Waals surface area contributed by atoms with E-state index in [0.717, 1.165) is 18.8 Å². The van der Waals surface area contributed by atoms with Crippen LogP contribution in [0.15, 0.2) is 36.4 Å². The van der Waals surface area contributed by atoms with Gasteiger partial charge in [-0.15, -0.1) is 0 Å². The zero-order chi connectivity index (χ0) is 11.4. The summed E-state index contributed by atoms with van der Waals surface area (Å²) in [5.74, 6) is 0.909. The topological polar surface area (TPSA) is 21.3 Å². The van der Waals surface area contributed by atoms with E-state index in [9.17, 15) is 0 Å². The lowest BCUT2D eigenvalue weighted by Gasteiger charge is -2.06. The molecule has 0 aliphatic rings. The second-order valence-corrected chi connectivity index (χ2v) is 3.83. The van der Waals surface area contributed by atoms with Crippen molar-refractivity contribution < 1.29 is 4.74 Å². The molecule has 0 saturated heterocycles. The Kier molecular flexibility index (Phi) is 3.42. The zero-order valence-electron chi connectivity index (χ0n) is 9.79. The highest BCUT2D eigenvalue weighted by atomic mass is 16.5. The fraction of sp³-hybridized carbons (Fsp3) is 0.286. The molecule has 2 nitrogen and oxygen atoms in total. The first-order valence-corrected chi connectivity index (χ1v) is 5.61. The van der Waals surface area contributed by atoms with E-state index in [4.69, 9.17) is 4.74 Å². The number of hydrogen-bond acceptors (Lipinski definition) is 2. The molecular formula is C14H17NO. The summed E-state index contributed by atoms with van der Waals surface area (Å²) in [4.78, 5) is 0. The Morgan fingerprint density at radius 3 is 2.56 bits per heavy atom. The fourth-order valence-electron chi connectivity index (χ4n) is 1.78. The van der Waals surface area contributed by atoms with Crippen molar-refractivity contribution in [3.05, 3.63) is 42.0 Å². The largest absolute Gasteiger partial charge is 0.497 e. The second kappa shape index (κ2) is 4.99. The molecule has 0 atom stereocenters. The Balaban J connectivity index is 2.32. The first-order chi connectivity index (χ1) is 7.83. The van der Waals surface area contributed by atoms with Gasteiger partial charge in [0, 0.05) is 6.54 Å². The molecule has 0 aliphatic carbocycles. The van der Waals surface area contributed by atoms with Crippen LogP contribution in [0.5, 0.6) is 5.75 Å². The van der Waals surface area contributed by atoms with Crippen LogP contribution in [0.1, 0.15) is 12.5 Å². The molecule has 0 aromatic heterocycles. The third-order valence-corrected chi connectivity index (χ3v) is 2.69. The van der Waals surface area contributed by atoms with Gasteiger partial charge in [-0.25, -0.2) is 0 Å². The van der Waals surface area contributed by atoms with Crippen LogP contribution in [0.25, 0.3) is 10.8 Å². The van der Waals surface area contributed by atoms with Crippen molar-refractivity contribution in [1.29, 1.82) is 0 Å². The lowest BCUT2D eigenvalue weighted by atomic mass is 10.1. The van der Waals surface area contributed by atoms with Crippen molar-refractivity contribution in [1.82, 2.24) is 5.32 Å². The average Bonchev–Trinajstić information content (AvgIpc) is 2.35. The van der Waals surface area contributed by atoms with Crippen LogP contribution in [0, 0.1) is 0 Å². The lowest BCUT2D eigenvalue weighted by Crippen LogP contribution is -2.11. The first kappa shape index (κ1) is 11.0. The van der Waals surface area contributed by atoms with Gasteiger partial charge in [0.1, 0.15) is 5.75 Å². The molecular weight excluding hydrogens is 198 g/mol. The molecule has 0 amide bonds. The maximum absolute atomic E-state index is 5.21. The molecule has 0 saturated carbocycles. The van der Waals surface area contributed by atoms with Gasteiger partial charge in [-0.1, -0.05) is 25.1 Å². The van der Waals surface area contributed by atoms with Crippen LogP contribution < -0.4 is 10.1 Å². The molecule has 16 heavy (non-hydrogen) atoms. The molecule has 0 radical (unpaired) electrons. The first-order valence-electron chi connectivity index (χ1n) is 5.61. The third-order valence-electron chi connectivity index (χ3n) is 2.69. The average molecular weight is 215 g/mol. The van der Waals surface area contributed by atoms with Gasteiger partial charge in [0.15, 0.2) is 0 Å². The second-order valence-electron chi connectivity index (χ2n) is 3.83. The molecule has 2 heteroatoms. The molecule has 2 aromatic carbocycles. The van der Waals surface area contributed by atoms with Gasteiger partial charge in [0.25, 0.3) is 0 Å². The molecule has 0 unspecified atom stereocenters. The number of hydrogen-bond donors (Lipinski definition) is 1. The molecule has 0 fully saturated rings. The van der Waals surface area contributed by atoms with E-state index in [1.54, 1.807) is 7.11 Å². The minimum absolute atomic E-state index is 0.909. The molecule has 0 spiro atoms. The van der Waals surface area contributed by atoms with Crippen molar-refractivity contribution in [2.24, 2.45) is 0 Å². The minimum atomic E-state index is 0.909. The van der Waals surface area contributed by atoms with E-state index in [0.29, 0.717) is 0 Å². The Morgan fingerprint density at radius 2 is 1.81 bits per heavy atom. The zero-order valence-corrected chi connectivity index (χ0v) is 9.79. The van der Waals surface area contributed by atoms with Crippen molar-refractivity contribution in [3.63, 3.8) is 0 Å². The number of benzene rings is 2. The highest BCUT2D eigenvalue weighted by Crippen LogP contribution is 2.21. The van der Waals surface area contributed by atoms with Crippen LogP contribution in [0.2, 0.25) is 0 Å². The van der Waals surface area contributed by atoms with E-state index in [2.05, 4.69) is 42.6 Å². The summed E-state index contributed by atoms with van der Waals surface area (Å²) in [6, 6.07) is 12.7. The molecule has 1 N–H and O–H groups in total. The van der Waals surface area contributed by atoms with Crippen LogP contribution in [0.3, 0.4) is 0 Å². The maximum atomic E-state index is 5.21. The van der Waals surface area contributed by atoms with Crippen LogP contribution >= 0.6 is 0 Å². The summed E-state index contributed by atoms with van der Waals surface area (Å²) >= 11 is 0. The van der Waals surface area contributed by atoms with Gasteiger partial charge >= 0.3 is 0 Å². The Morgan fingerprint density at radius 1 is 1.06 bits per heavy atom. The smallest absolute Gasteiger partial charge is 0.119 e. The van der Waals surface area contributed by atoms with E-state index in [1.165, 1.54) is 16.3 Å². The SMILES string of the molecule is CCNCc1ccc2cc(OC)ccc2c1. The summed E-state index contributed by atoms with van der Waals surface area (Å²) < 4.78 is 5.21. The summed E-state index contributed by atoms with van der Waals surface area (Å²) in [5.41, 5.74) is 1.32. The summed E-state index contributed by atoms with van der Waals surface area (Å²) in [7, 11) is 1.70.